The van der Waals surface area contributed by atoms with Crippen LogP contribution in [-0.2, 0) is 0 Å². The predicted molar refractivity (Wildman–Crippen MR) is 57.5 cm³/mol. The van der Waals surface area contributed by atoms with E-state index in [0.717, 1.165) is 11.5 Å². The van der Waals surface area contributed by atoms with Gasteiger partial charge in [0.25, 0.3) is 0 Å². The van der Waals surface area contributed by atoms with E-state index in [-0.39, 0.29) is 40.0 Å². The third-order valence-corrected chi connectivity index (χ3v) is 1.67. The molecule has 0 aliphatic heterocycles. The summed E-state index contributed by atoms with van der Waals surface area (Å²) in [6.45, 7) is 0. The molecule has 0 aromatic heterocycles. The first-order chi connectivity index (χ1) is 6.45. The van der Waals surface area contributed by atoms with Crippen LogP contribution in [0.1, 0.15) is 0 Å². The van der Waals surface area contributed by atoms with Crippen molar-refractivity contribution in [2.75, 3.05) is 0 Å². The molecule has 0 bridgehead atoms. The third-order valence-electron chi connectivity index (χ3n) is 1.67. The minimum Gasteiger partial charge on any atom is -1.00 e. The maximum Gasteiger partial charge on any atom is 2.00 e. The first kappa shape index (κ1) is 14.5. The standard InChI is InChI=1S/C12H9O.BrH.Mg/c1-3-7-11(8-4-1)13-12-9-5-2-6-10-12;;/h1,3-10H;1H;/q-1;;+2/p-1. The fourth-order valence-corrected chi connectivity index (χ4v) is 1.06. The Balaban J connectivity index is 0.000000980. The van der Waals surface area contributed by atoms with Gasteiger partial charge in [-0.2, -0.15) is 18.2 Å². The topological polar surface area (TPSA) is 9.23 Å². The summed E-state index contributed by atoms with van der Waals surface area (Å²) in [6, 6.07) is 20.1. The van der Waals surface area contributed by atoms with Crippen LogP contribution in [0.15, 0.2) is 54.6 Å². The molecule has 15 heavy (non-hydrogen) atoms. The molecule has 0 atom stereocenters. The fraction of sp³-hybridized carbons (Fsp3) is 0. The maximum atomic E-state index is 5.56. The van der Waals surface area contributed by atoms with Crippen LogP contribution in [0.25, 0.3) is 0 Å². The Hall–Kier alpha value is -0.514. The van der Waals surface area contributed by atoms with Gasteiger partial charge in [0.2, 0.25) is 0 Å². The van der Waals surface area contributed by atoms with Crippen molar-refractivity contribution in [2.45, 2.75) is 0 Å². The van der Waals surface area contributed by atoms with Gasteiger partial charge in [-0.05, 0) is 12.1 Å². The summed E-state index contributed by atoms with van der Waals surface area (Å²) in [5, 5.41) is 0. The van der Waals surface area contributed by atoms with Crippen molar-refractivity contribution in [3.05, 3.63) is 60.7 Å². The first-order valence-electron chi connectivity index (χ1n) is 4.14. The molecule has 0 fully saturated rings. The van der Waals surface area contributed by atoms with E-state index in [2.05, 4.69) is 6.07 Å². The first-order valence-corrected chi connectivity index (χ1v) is 4.14. The van der Waals surface area contributed by atoms with Crippen LogP contribution in [0, 0.1) is 6.07 Å². The largest absolute Gasteiger partial charge is 2.00 e. The summed E-state index contributed by atoms with van der Waals surface area (Å²) >= 11 is 0. The molecule has 3 heteroatoms. The molecule has 1 nitrogen and oxygen atoms in total. The fourth-order valence-electron chi connectivity index (χ4n) is 1.06. The van der Waals surface area contributed by atoms with Crippen molar-refractivity contribution in [1.82, 2.24) is 0 Å². The number of halogens is 1. The van der Waals surface area contributed by atoms with Gasteiger partial charge in [-0.25, -0.2) is 0 Å². The van der Waals surface area contributed by atoms with Gasteiger partial charge in [0.15, 0.2) is 0 Å². The Morgan fingerprint density at radius 2 is 1.33 bits per heavy atom. The average Bonchev–Trinajstić information content (AvgIpc) is 2.21. The van der Waals surface area contributed by atoms with Crippen LogP contribution in [0.2, 0.25) is 0 Å². The van der Waals surface area contributed by atoms with Crippen LogP contribution >= 0.6 is 0 Å². The predicted octanol–water partition coefficient (Wildman–Crippen LogP) is -0.0977. The van der Waals surface area contributed by atoms with Crippen molar-refractivity contribution in [2.24, 2.45) is 0 Å². The van der Waals surface area contributed by atoms with Crippen LogP contribution < -0.4 is 21.7 Å². The molecule has 72 valence electrons. The SMILES string of the molecule is [Br-].[Mg+2].[c-]1ccc(Oc2ccccc2)cc1. The second kappa shape index (κ2) is 7.74. The number of benzene rings is 2. The molecular formula is C12H9BrMgO. The summed E-state index contributed by atoms with van der Waals surface area (Å²) in [5.74, 6) is 1.69. The van der Waals surface area contributed by atoms with Crippen LogP contribution in [0.4, 0.5) is 0 Å². The Morgan fingerprint density at radius 3 is 1.93 bits per heavy atom. The molecule has 2 aromatic rings. The molecule has 0 heterocycles. The van der Waals surface area contributed by atoms with Crippen LogP contribution in [0.5, 0.6) is 11.5 Å². The molecule has 2 rings (SSSR count). The van der Waals surface area contributed by atoms with E-state index in [1.165, 1.54) is 0 Å². The molecule has 0 N–H and O–H groups in total. The zero-order valence-corrected chi connectivity index (χ0v) is 11.2. The molecule has 0 radical (unpaired) electrons. The molecule has 0 saturated carbocycles. The Bertz CT molecular complexity index is 326. The zero-order valence-electron chi connectivity index (χ0n) is 8.19. The van der Waals surface area contributed by atoms with E-state index in [4.69, 9.17) is 4.74 Å². The molecule has 2 aromatic carbocycles. The van der Waals surface area contributed by atoms with Crippen molar-refractivity contribution in [1.29, 1.82) is 0 Å². The van der Waals surface area contributed by atoms with E-state index in [1.54, 1.807) is 0 Å². The number of hydrogen-bond donors (Lipinski definition) is 0. The summed E-state index contributed by atoms with van der Waals surface area (Å²) in [4.78, 5) is 0. The monoisotopic (exact) mass is 272 g/mol. The summed E-state index contributed by atoms with van der Waals surface area (Å²) in [7, 11) is 0. The number of ether oxygens (including phenoxy) is 1. The normalized spacial score (nSPS) is 8.27. The van der Waals surface area contributed by atoms with Gasteiger partial charge in [0, 0.05) is 5.75 Å². The van der Waals surface area contributed by atoms with Crippen molar-refractivity contribution >= 4 is 23.1 Å². The summed E-state index contributed by atoms with van der Waals surface area (Å²) in [6.07, 6.45) is 0. The van der Waals surface area contributed by atoms with Crippen molar-refractivity contribution < 1.29 is 21.7 Å². The van der Waals surface area contributed by atoms with E-state index >= 15 is 0 Å². The molecular weight excluding hydrogens is 264 g/mol. The van der Waals surface area contributed by atoms with E-state index in [9.17, 15) is 0 Å². The van der Waals surface area contributed by atoms with Gasteiger partial charge in [-0.3, -0.25) is 0 Å². The molecule has 0 aliphatic rings. The van der Waals surface area contributed by atoms with Crippen molar-refractivity contribution in [3.63, 3.8) is 0 Å². The Morgan fingerprint density at radius 1 is 0.800 bits per heavy atom. The second-order valence-corrected chi connectivity index (χ2v) is 2.65. The second-order valence-electron chi connectivity index (χ2n) is 2.65. The number of rotatable bonds is 2. The third kappa shape index (κ3) is 4.69. The Labute approximate surface area is 116 Å². The number of para-hydroxylation sites is 1. The Kier molecular flexibility index (Phi) is 7.47. The van der Waals surface area contributed by atoms with Gasteiger partial charge in [-0.1, -0.05) is 18.2 Å². The van der Waals surface area contributed by atoms with E-state index in [1.807, 2.05) is 54.6 Å². The minimum absolute atomic E-state index is 0. The number of hydrogen-bond acceptors (Lipinski definition) is 1. The summed E-state index contributed by atoms with van der Waals surface area (Å²) < 4.78 is 5.56. The van der Waals surface area contributed by atoms with Crippen LogP contribution in [-0.4, -0.2) is 23.1 Å². The van der Waals surface area contributed by atoms with Gasteiger partial charge in [-0.15, -0.1) is 12.1 Å². The summed E-state index contributed by atoms with van der Waals surface area (Å²) in [5.41, 5.74) is 0. The molecule has 0 unspecified atom stereocenters. The van der Waals surface area contributed by atoms with Gasteiger partial charge in [0.05, 0.1) is 0 Å². The maximum absolute atomic E-state index is 5.56. The molecule has 0 amide bonds. The molecule has 0 saturated heterocycles. The zero-order chi connectivity index (χ0) is 8.93. The van der Waals surface area contributed by atoms with E-state index < -0.39 is 0 Å². The van der Waals surface area contributed by atoms with Gasteiger partial charge < -0.3 is 21.7 Å². The molecule has 0 aliphatic carbocycles. The minimum atomic E-state index is 0. The molecule has 0 spiro atoms. The van der Waals surface area contributed by atoms with Gasteiger partial charge >= 0.3 is 23.1 Å². The quantitative estimate of drug-likeness (QED) is 0.549. The van der Waals surface area contributed by atoms with Crippen molar-refractivity contribution in [3.8, 4) is 11.5 Å². The average molecular weight is 273 g/mol. The van der Waals surface area contributed by atoms with Gasteiger partial charge in [0.1, 0.15) is 5.75 Å². The van der Waals surface area contributed by atoms with E-state index in [0.29, 0.717) is 0 Å². The van der Waals surface area contributed by atoms with Crippen LogP contribution in [0.3, 0.4) is 0 Å². The smallest absolute Gasteiger partial charge is 1.00 e.